The molecule has 0 unspecified atom stereocenters. The van der Waals surface area contributed by atoms with Crippen LogP contribution in [0.1, 0.15) is 20.7 Å². The maximum Gasteiger partial charge on any atom is 0.343 e. The highest BCUT2D eigenvalue weighted by atomic mass is 16.5. The average Bonchev–Trinajstić information content (AvgIpc) is 2.64. The van der Waals surface area contributed by atoms with Gasteiger partial charge in [-0.05, 0) is 31.3 Å². The molecule has 1 aliphatic rings. The second kappa shape index (κ2) is 8.05. The van der Waals surface area contributed by atoms with Crippen molar-refractivity contribution in [1.82, 2.24) is 9.80 Å². The lowest BCUT2D eigenvalue weighted by Crippen LogP contribution is -2.46. The van der Waals surface area contributed by atoms with E-state index in [4.69, 9.17) is 4.74 Å². The first kappa shape index (κ1) is 17.3. The summed E-state index contributed by atoms with van der Waals surface area (Å²) >= 11 is 0. The van der Waals surface area contributed by atoms with Crippen molar-refractivity contribution < 1.29 is 14.3 Å². The molecule has 25 heavy (non-hydrogen) atoms. The smallest absolute Gasteiger partial charge is 0.343 e. The minimum Gasteiger partial charge on any atom is -0.423 e. The van der Waals surface area contributed by atoms with E-state index in [0.29, 0.717) is 23.4 Å². The summed E-state index contributed by atoms with van der Waals surface area (Å²) < 4.78 is 5.38. The van der Waals surface area contributed by atoms with Gasteiger partial charge in [0.15, 0.2) is 5.78 Å². The van der Waals surface area contributed by atoms with E-state index in [1.807, 2.05) is 6.07 Å². The van der Waals surface area contributed by atoms with E-state index < -0.39 is 5.97 Å². The number of Topliss-reactive ketones (excluding diaryl/α,β-unsaturated/α-hetero) is 1. The van der Waals surface area contributed by atoms with Crippen molar-refractivity contribution in [1.29, 1.82) is 0 Å². The van der Waals surface area contributed by atoms with E-state index in [1.165, 1.54) is 0 Å². The third-order valence-corrected chi connectivity index (χ3v) is 4.34. The van der Waals surface area contributed by atoms with Crippen molar-refractivity contribution in [2.45, 2.75) is 0 Å². The molecular formula is C20H22N2O3. The molecule has 2 aromatic carbocycles. The maximum atomic E-state index is 12.5. The molecule has 3 rings (SSSR count). The van der Waals surface area contributed by atoms with Gasteiger partial charge in [0.25, 0.3) is 0 Å². The highest BCUT2D eigenvalue weighted by Crippen LogP contribution is 2.16. The van der Waals surface area contributed by atoms with Crippen LogP contribution in [-0.2, 0) is 0 Å². The fourth-order valence-corrected chi connectivity index (χ4v) is 2.77. The largest absolute Gasteiger partial charge is 0.423 e. The maximum absolute atomic E-state index is 12.5. The zero-order valence-corrected chi connectivity index (χ0v) is 14.4. The summed E-state index contributed by atoms with van der Waals surface area (Å²) in [5, 5.41) is 0. The van der Waals surface area contributed by atoms with Crippen LogP contribution in [0.2, 0.25) is 0 Å². The van der Waals surface area contributed by atoms with Crippen LogP contribution in [0.25, 0.3) is 0 Å². The van der Waals surface area contributed by atoms with Gasteiger partial charge in [-0.25, -0.2) is 4.79 Å². The molecule has 2 aromatic rings. The van der Waals surface area contributed by atoms with E-state index in [0.717, 1.165) is 26.2 Å². The second-order valence-corrected chi connectivity index (χ2v) is 6.29. The number of nitrogens with zero attached hydrogens (tertiary/aromatic N) is 2. The summed E-state index contributed by atoms with van der Waals surface area (Å²) in [6.07, 6.45) is 0. The summed E-state index contributed by atoms with van der Waals surface area (Å²) in [7, 11) is 2.09. The molecule has 130 valence electrons. The molecule has 1 heterocycles. The number of rotatable bonds is 5. The van der Waals surface area contributed by atoms with Crippen molar-refractivity contribution in [3.05, 3.63) is 65.7 Å². The minimum absolute atomic E-state index is 0.0437. The summed E-state index contributed by atoms with van der Waals surface area (Å²) in [6, 6.07) is 15.6. The lowest BCUT2D eigenvalue weighted by atomic mass is 10.1. The van der Waals surface area contributed by atoms with Crippen LogP contribution >= 0.6 is 0 Å². The first-order chi connectivity index (χ1) is 12.1. The van der Waals surface area contributed by atoms with Gasteiger partial charge in [-0.1, -0.05) is 30.3 Å². The van der Waals surface area contributed by atoms with Crippen LogP contribution in [0.4, 0.5) is 0 Å². The molecule has 0 aromatic heterocycles. The molecule has 0 bridgehead atoms. The lowest BCUT2D eigenvalue weighted by Gasteiger charge is -2.31. The first-order valence-electron chi connectivity index (χ1n) is 8.43. The Bertz CT molecular complexity index is 738. The number of likely N-dealkylation sites (N-methyl/N-ethyl adjacent to an activating group) is 1. The quantitative estimate of drug-likeness (QED) is 0.476. The Hall–Kier alpha value is -2.50. The number of ketones is 1. The number of ether oxygens (including phenoxy) is 1. The highest BCUT2D eigenvalue weighted by Gasteiger charge is 2.18. The fourth-order valence-electron chi connectivity index (χ4n) is 2.77. The normalized spacial score (nSPS) is 15.7. The predicted octanol–water partition coefficient (Wildman–Crippen LogP) is 2.34. The van der Waals surface area contributed by atoms with Crippen LogP contribution in [0, 0.1) is 0 Å². The molecule has 5 nitrogen and oxygen atoms in total. The Labute approximate surface area is 147 Å². The Morgan fingerprint density at radius 3 is 2.32 bits per heavy atom. The van der Waals surface area contributed by atoms with Gasteiger partial charge in [0.05, 0.1) is 12.1 Å². The lowest BCUT2D eigenvalue weighted by molar-refractivity contribution is 0.0732. The Balaban J connectivity index is 1.63. The Kier molecular flexibility index (Phi) is 5.58. The molecule has 0 spiro atoms. The number of carbonyl (C=O) groups excluding carboxylic acids is 2. The molecule has 0 saturated carbocycles. The summed E-state index contributed by atoms with van der Waals surface area (Å²) in [6.45, 7) is 4.13. The van der Waals surface area contributed by atoms with Crippen LogP contribution < -0.4 is 4.74 Å². The van der Waals surface area contributed by atoms with E-state index in [1.54, 1.807) is 48.5 Å². The molecule has 5 heteroatoms. The van der Waals surface area contributed by atoms with Crippen LogP contribution in [-0.4, -0.2) is 61.3 Å². The average molecular weight is 338 g/mol. The number of hydrogen-bond donors (Lipinski definition) is 0. The summed E-state index contributed by atoms with van der Waals surface area (Å²) in [4.78, 5) is 29.0. The Morgan fingerprint density at radius 2 is 1.60 bits per heavy atom. The molecule has 0 aliphatic carbocycles. The first-order valence-corrected chi connectivity index (χ1v) is 8.43. The van der Waals surface area contributed by atoms with Crippen LogP contribution in [0.15, 0.2) is 54.6 Å². The number of benzene rings is 2. The van der Waals surface area contributed by atoms with E-state index >= 15 is 0 Å². The summed E-state index contributed by atoms with van der Waals surface area (Å²) in [5.74, 6) is 0.00418. The second-order valence-electron chi connectivity index (χ2n) is 6.29. The molecule has 1 saturated heterocycles. The highest BCUT2D eigenvalue weighted by molar-refractivity contribution is 5.98. The van der Waals surface area contributed by atoms with Gasteiger partial charge in [0.1, 0.15) is 5.75 Å². The van der Waals surface area contributed by atoms with Crippen LogP contribution in [0.3, 0.4) is 0 Å². The minimum atomic E-state index is -0.427. The predicted molar refractivity (Wildman–Crippen MR) is 96.1 cm³/mol. The van der Waals surface area contributed by atoms with Crippen molar-refractivity contribution in [2.75, 3.05) is 39.8 Å². The van der Waals surface area contributed by atoms with Crippen molar-refractivity contribution in [3.63, 3.8) is 0 Å². The third-order valence-electron chi connectivity index (χ3n) is 4.34. The monoisotopic (exact) mass is 338 g/mol. The molecule has 0 atom stereocenters. The van der Waals surface area contributed by atoms with E-state index in [2.05, 4.69) is 16.8 Å². The van der Waals surface area contributed by atoms with Gasteiger partial charge in [0.2, 0.25) is 0 Å². The van der Waals surface area contributed by atoms with Gasteiger partial charge >= 0.3 is 5.97 Å². The Morgan fingerprint density at radius 1 is 0.920 bits per heavy atom. The molecule has 0 radical (unpaired) electrons. The van der Waals surface area contributed by atoms with Gasteiger partial charge in [0, 0.05) is 31.7 Å². The molecule has 1 aliphatic heterocycles. The number of hydrogen-bond acceptors (Lipinski definition) is 5. The zero-order valence-electron chi connectivity index (χ0n) is 14.4. The zero-order chi connectivity index (χ0) is 17.6. The summed E-state index contributed by atoms with van der Waals surface area (Å²) in [5.41, 5.74) is 1.05. The number of carbonyl (C=O) groups is 2. The standard InChI is InChI=1S/C20H22N2O3/c1-21-10-12-22(13-11-21)15-19(23)17-8-5-9-18(14-17)25-20(24)16-6-3-2-4-7-16/h2-9,14H,10-13,15H2,1H3. The van der Waals surface area contributed by atoms with Crippen molar-refractivity contribution in [2.24, 2.45) is 0 Å². The van der Waals surface area contributed by atoms with Gasteiger partial charge in [-0.3, -0.25) is 9.69 Å². The van der Waals surface area contributed by atoms with Crippen LogP contribution in [0.5, 0.6) is 5.75 Å². The molecule has 0 amide bonds. The number of piperazine rings is 1. The van der Waals surface area contributed by atoms with Gasteiger partial charge < -0.3 is 9.64 Å². The molecule has 1 fully saturated rings. The van der Waals surface area contributed by atoms with Gasteiger partial charge in [-0.15, -0.1) is 0 Å². The number of esters is 1. The molecule has 0 N–H and O–H groups in total. The van der Waals surface area contributed by atoms with Crippen molar-refractivity contribution in [3.8, 4) is 5.75 Å². The third kappa shape index (κ3) is 4.75. The van der Waals surface area contributed by atoms with Crippen molar-refractivity contribution >= 4 is 11.8 Å². The van der Waals surface area contributed by atoms with E-state index in [-0.39, 0.29) is 5.78 Å². The SMILES string of the molecule is CN1CCN(CC(=O)c2cccc(OC(=O)c3ccccc3)c2)CC1. The van der Waals surface area contributed by atoms with E-state index in [9.17, 15) is 9.59 Å². The topological polar surface area (TPSA) is 49.9 Å². The van der Waals surface area contributed by atoms with Gasteiger partial charge in [-0.2, -0.15) is 0 Å². The fraction of sp³-hybridized carbons (Fsp3) is 0.300. The molecular weight excluding hydrogens is 316 g/mol.